The first kappa shape index (κ1) is 17.4. The first-order valence-electron chi connectivity index (χ1n) is 8.56. The summed E-state index contributed by atoms with van der Waals surface area (Å²) in [6.45, 7) is 1.48. The minimum Gasteiger partial charge on any atom is -0.377 e. The van der Waals surface area contributed by atoms with Crippen LogP contribution in [0.1, 0.15) is 28.8 Å². The van der Waals surface area contributed by atoms with Crippen LogP contribution < -0.4 is 0 Å². The first-order chi connectivity index (χ1) is 12.1. The molecular weight excluding hydrogens is 318 g/mol. The number of carbonyl (C=O) groups excluding carboxylic acids is 2. The summed E-state index contributed by atoms with van der Waals surface area (Å²) in [5, 5.41) is 4.12. The van der Waals surface area contributed by atoms with E-state index >= 15 is 0 Å². The average Bonchev–Trinajstić information content (AvgIpc) is 3.06. The van der Waals surface area contributed by atoms with Gasteiger partial charge in [-0.15, -0.1) is 0 Å². The van der Waals surface area contributed by atoms with E-state index in [4.69, 9.17) is 4.74 Å². The number of carbonyl (C=O) groups is 2. The smallest absolute Gasteiger partial charge is 0.223 e. The molecule has 6 nitrogen and oxygen atoms in total. The van der Waals surface area contributed by atoms with E-state index in [9.17, 15) is 9.59 Å². The van der Waals surface area contributed by atoms with E-state index in [0.29, 0.717) is 44.6 Å². The predicted octanol–water partition coefficient (Wildman–Crippen LogP) is 1.85. The summed E-state index contributed by atoms with van der Waals surface area (Å²) in [6, 6.07) is 9.00. The third-order valence-corrected chi connectivity index (χ3v) is 4.45. The minimum atomic E-state index is -0.192. The molecule has 0 saturated carbocycles. The van der Waals surface area contributed by atoms with Gasteiger partial charge in [0.25, 0.3) is 0 Å². The normalized spacial score (nSPS) is 17.5. The fourth-order valence-corrected chi connectivity index (χ4v) is 3.10. The Hall–Kier alpha value is -2.47. The summed E-state index contributed by atoms with van der Waals surface area (Å²) in [7, 11) is 1.86. The van der Waals surface area contributed by atoms with Crippen molar-refractivity contribution in [2.24, 2.45) is 7.05 Å². The molecule has 0 radical (unpaired) electrons. The first-order valence-corrected chi connectivity index (χ1v) is 8.56. The SMILES string of the molecule is Cn1cc(CCC(=O)N2CCOC[C@@H]2CC(=O)c2ccccc2)cn1. The van der Waals surface area contributed by atoms with Gasteiger partial charge >= 0.3 is 0 Å². The van der Waals surface area contributed by atoms with E-state index in [0.717, 1.165) is 5.56 Å². The molecular formula is C19H23N3O3. The van der Waals surface area contributed by atoms with Crippen LogP contribution in [0.5, 0.6) is 0 Å². The van der Waals surface area contributed by atoms with Crippen molar-refractivity contribution >= 4 is 11.7 Å². The molecule has 1 atom stereocenters. The van der Waals surface area contributed by atoms with Gasteiger partial charge in [-0.1, -0.05) is 30.3 Å². The van der Waals surface area contributed by atoms with Crippen LogP contribution in [0.25, 0.3) is 0 Å². The molecule has 3 rings (SSSR count). The van der Waals surface area contributed by atoms with Gasteiger partial charge < -0.3 is 9.64 Å². The number of ether oxygens (including phenoxy) is 1. The maximum Gasteiger partial charge on any atom is 0.223 e. The Kier molecular flexibility index (Phi) is 5.60. The summed E-state index contributed by atoms with van der Waals surface area (Å²) >= 11 is 0. The third-order valence-electron chi connectivity index (χ3n) is 4.45. The number of hydrogen-bond acceptors (Lipinski definition) is 4. The lowest BCUT2D eigenvalue weighted by Crippen LogP contribution is -2.49. The second-order valence-electron chi connectivity index (χ2n) is 6.33. The number of morpholine rings is 1. The van der Waals surface area contributed by atoms with E-state index in [1.807, 2.05) is 31.4 Å². The Morgan fingerprint density at radius 2 is 2.08 bits per heavy atom. The Morgan fingerprint density at radius 3 is 2.80 bits per heavy atom. The van der Waals surface area contributed by atoms with Crippen LogP contribution in [0.3, 0.4) is 0 Å². The van der Waals surface area contributed by atoms with Gasteiger partial charge in [-0.3, -0.25) is 14.3 Å². The third kappa shape index (κ3) is 4.54. The zero-order chi connectivity index (χ0) is 17.6. The largest absolute Gasteiger partial charge is 0.377 e. The highest BCUT2D eigenvalue weighted by molar-refractivity contribution is 5.96. The Morgan fingerprint density at radius 1 is 1.28 bits per heavy atom. The van der Waals surface area contributed by atoms with Gasteiger partial charge in [0.1, 0.15) is 0 Å². The molecule has 132 valence electrons. The summed E-state index contributed by atoms with van der Waals surface area (Å²) in [4.78, 5) is 26.9. The number of Topliss-reactive ketones (excluding diaryl/α,β-unsaturated/α-hetero) is 1. The molecule has 1 fully saturated rings. The van der Waals surface area contributed by atoms with Crippen molar-refractivity contribution in [3.05, 3.63) is 53.9 Å². The van der Waals surface area contributed by atoms with Crippen molar-refractivity contribution in [3.63, 3.8) is 0 Å². The molecule has 1 aromatic heterocycles. The Balaban J connectivity index is 1.60. The second-order valence-corrected chi connectivity index (χ2v) is 6.33. The molecule has 2 heterocycles. The number of amides is 1. The van der Waals surface area contributed by atoms with Gasteiger partial charge in [0, 0.05) is 38.2 Å². The number of nitrogens with zero attached hydrogens (tertiary/aromatic N) is 3. The summed E-state index contributed by atoms with van der Waals surface area (Å²) in [5.74, 6) is 0.110. The van der Waals surface area contributed by atoms with E-state index in [1.165, 1.54) is 0 Å². The Labute approximate surface area is 147 Å². The molecule has 25 heavy (non-hydrogen) atoms. The fourth-order valence-electron chi connectivity index (χ4n) is 3.10. The average molecular weight is 341 g/mol. The number of hydrogen-bond donors (Lipinski definition) is 0. The van der Waals surface area contributed by atoms with Gasteiger partial charge in [0.15, 0.2) is 5.78 Å². The highest BCUT2D eigenvalue weighted by Crippen LogP contribution is 2.16. The van der Waals surface area contributed by atoms with Crippen LogP contribution >= 0.6 is 0 Å². The van der Waals surface area contributed by atoms with Crippen molar-refractivity contribution in [1.82, 2.24) is 14.7 Å². The number of aryl methyl sites for hydroxylation is 2. The standard InChI is InChI=1S/C19H23N3O3/c1-21-13-15(12-20-21)7-8-19(24)22-9-10-25-14-17(22)11-18(23)16-5-3-2-4-6-16/h2-6,12-13,17H,7-11,14H2,1H3/t17-/m0/s1. The number of rotatable bonds is 6. The summed E-state index contributed by atoms with van der Waals surface area (Å²) < 4.78 is 7.24. The van der Waals surface area contributed by atoms with Crippen LogP contribution in [0.2, 0.25) is 0 Å². The molecule has 1 aliphatic rings. The maximum absolute atomic E-state index is 12.6. The lowest BCUT2D eigenvalue weighted by molar-refractivity contribution is -0.139. The molecule has 0 unspecified atom stereocenters. The van der Waals surface area contributed by atoms with Crippen LogP contribution in [0.4, 0.5) is 0 Å². The number of ketones is 1. The van der Waals surface area contributed by atoms with Crippen molar-refractivity contribution in [2.45, 2.75) is 25.3 Å². The van der Waals surface area contributed by atoms with Crippen molar-refractivity contribution in [2.75, 3.05) is 19.8 Å². The fraction of sp³-hybridized carbons (Fsp3) is 0.421. The minimum absolute atomic E-state index is 0.0427. The zero-order valence-electron chi connectivity index (χ0n) is 14.4. The van der Waals surface area contributed by atoms with E-state index < -0.39 is 0 Å². The predicted molar refractivity (Wildman–Crippen MR) is 93.2 cm³/mol. The van der Waals surface area contributed by atoms with Gasteiger partial charge in [0.2, 0.25) is 5.91 Å². The zero-order valence-corrected chi connectivity index (χ0v) is 14.4. The molecule has 6 heteroatoms. The maximum atomic E-state index is 12.6. The van der Waals surface area contributed by atoms with Crippen molar-refractivity contribution in [1.29, 1.82) is 0 Å². The van der Waals surface area contributed by atoms with Crippen LogP contribution in [0, 0.1) is 0 Å². The summed E-state index contributed by atoms with van der Waals surface area (Å²) in [6.07, 6.45) is 5.07. The van der Waals surface area contributed by atoms with Crippen molar-refractivity contribution < 1.29 is 14.3 Å². The monoisotopic (exact) mass is 341 g/mol. The molecule has 2 aromatic rings. The second kappa shape index (κ2) is 8.07. The summed E-state index contributed by atoms with van der Waals surface area (Å²) in [5.41, 5.74) is 1.72. The van der Waals surface area contributed by atoms with Gasteiger partial charge in [-0.25, -0.2) is 0 Å². The lowest BCUT2D eigenvalue weighted by Gasteiger charge is -2.35. The molecule has 0 N–H and O–H groups in total. The lowest BCUT2D eigenvalue weighted by atomic mass is 10.0. The van der Waals surface area contributed by atoms with Crippen LogP contribution in [0.15, 0.2) is 42.7 Å². The quantitative estimate of drug-likeness (QED) is 0.752. The topological polar surface area (TPSA) is 64.4 Å². The van der Waals surface area contributed by atoms with Gasteiger partial charge in [-0.2, -0.15) is 5.10 Å². The molecule has 1 aromatic carbocycles. The molecule has 0 spiro atoms. The van der Waals surface area contributed by atoms with Gasteiger partial charge in [0.05, 0.1) is 25.5 Å². The molecule has 0 bridgehead atoms. The highest BCUT2D eigenvalue weighted by atomic mass is 16.5. The van der Waals surface area contributed by atoms with E-state index in [-0.39, 0.29) is 17.7 Å². The van der Waals surface area contributed by atoms with Crippen molar-refractivity contribution in [3.8, 4) is 0 Å². The molecule has 1 amide bonds. The van der Waals surface area contributed by atoms with Crippen LogP contribution in [-0.4, -0.2) is 52.2 Å². The molecule has 1 aliphatic heterocycles. The molecule has 1 saturated heterocycles. The number of aromatic nitrogens is 2. The Bertz CT molecular complexity index is 727. The number of benzene rings is 1. The molecule has 0 aliphatic carbocycles. The van der Waals surface area contributed by atoms with Crippen LogP contribution in [-0.2, 0) is 23.0 Å². The van der Waals surface area contributed by atoms with E-state index in [2.05, 4.69) is 5.10 Å². The van der Waals surface area contributed by atoms with E-state index in [1.54, 1.807) is 27.9 Å². The highest BCUT2D eigenvalue weighted by Gasteiger charge is 2.29. The van der Waals surface area contributed by atoms with Gasteiger partial charge in [-0.05, 0) is 12.0 Å².